The van der Waals surface area contributed by atoms with Gasteiger partial charge in [0.15, 0.2) is 5.82 Å². The Hall–Kier alpha value is -1.31. The van der Waals surface area contributed by atoms with Gasteiger partial charge in [-0.2, -0.15) is 0 Å². The summed E-state index contributed by atoms with van der Waals surface area (Å²) in [4.78, 5) is 19.9. The van der Waals surface area contributed by atoms with Crippen LogP contribution in [0.2, 0.25) is 5.15 Å². The molecule has 2 rings (SSSR count). The van der Waals surface area contributed by atoms with E-state index in [4.69, 9.17) is 11.6 Å². The molecule has 0 fully saturated rings. The molecule has 0 spiro atoms. The molecule has 2 amide bonds. The number of thiol groups is 1. The molecule has 19 heavy (non-hydrogen) atoms. The van der Waals surface area contributed by atoms with Crippen LogP contribution in [0.3, 0.4) is 0 Å². The lowest BCUT2D eigenvalue weighted by molar-refractivity contribution is 0.260. The average molecular weight is 360 g/mol. The molecule has 98 valence electrons. The Morgan fingerprint density at radius 2 is 2.16 bits per heavy atom. The van der Waals surface area contributed by atoms with Gasteiger partial charge in [0, 0.05) is 6.20 Å². The molecule has 0 bridgehead atoms. The maximum Gasteiger partial charge on any atom is 0.337 e. The monoisotopic (exact) mass is 358 g/mol. The number of carbonyl (C=O) groups excluding carboxylic acids is 1. The first-order valence-corrected chi connectivity index (χ1v) is 6.67. The van der Waals surface area contributed by atoms with Crippen molar-refractivity contribution in [2.45, 2.75) is 0 Å². The zero-order chi connectivity index (χ0) is 13.8. The first kappa shape index (κ1) is 14.1. The molecule has 0 radical (unpaired) electrons. The van der Waals surface area contributed by atoms with E-state index in [9.17, 15) is 4.79 Å². The second-order valence-corrected chi connectivity index (χ2v) is 5.06. The van der Waals surface area contributed by atoms with E-state index in [0.717, 1.165) is 4.31 Å². The van der Waals surface area contributed by atoms with Gasteiger partial charge in [-0.3, -0.25) is 0 Å². The van der Waals surface area contributed by atoms with Crippen molar-refractivity contribution >= 4 is 57.9 Å². The molecular formula is C11H8BrClN4OS. The number of pyridine rings is 2. The minimum Gasteiger partial charge on any atom is -0.305 e. The second kappa shape index (κ2) is 6.23. The summed E-state index contributed by atoms with van der Waals surface area (Å²) < 4.78 is 1.76. The van der Waals surface area contributed by atoms with Gasteiger partial charge in [-0.15, -0.1) is 0 Å². The fraction of sp³-hybridized carbons (Fsp3) is 0. The second-order valence-electron chi connectivity index (χ2n) is 3.42. The summed E-state index contributed by atoms with van der Waals surface area (Å²) in [5.74, 6) is 0.394. The van der Waals surface area contributed by atoms with E-state index in [1.807, 2.05) is 0 Å². The van der Waals surface area contributed by atoms with E-state index in [-0.39, 0.29) is 0 Å². The molecule has 2 heterocycles. The highest BCUT2D eigenvalue weighted by molar-refractivity contribution is 9.10. The molecule has 5 nitrogen and oxygen atoms in total. The Kier molecular flexibility index (Phi) is 4.62. The molecule has 0 aliphatic rings. The van der Waals surface area contributed by atoms with Crippen LogP contribution in [0.1, 0.15) is 0 Å². The SMILES string of the molecule is O=C(Nc1ccc(Cl)nc1)N(S)c1ncccc1Br. The Labute approximate surface area is 128 Å². The van der Waals surface area contributed by atoms with Crippen LogP contribution in [-0.2, 0) is 0 Å². The summed E-state index contributed by atoms with van der Waals surface area (Å²) in [6.07, 6.45) is 3.02. The third-order valence-corrected chi connectivity index (χ3v) is 3.32. The molecular weight excluding hydrogens is 352 g/mol. The molecule has 0 aromatic carbocycles. The lowest BCUT2D eigenvalue weighted by atomic mass is 10.4. The summed E-state index contributed by atoms with van der Waals surface area (Å²) in [5.41, 5.74) is 0.514. The average Bonchev–Trinajstić information content (AvgIpc) is 2.41. The molecule has 0 saturated carbocycles. The number of carbonyl (C=O) groups is 1. The van der Waals surface area contributed by atoms with Crippen LogP contribution < -0.4 is 9.62 Å². The number of nitrogens with one attached hydrogen (secondary N) is 1. The van der Waals surface area contributed by atoms with Crippen molar-refractivity contribution in [1.82, 2.24) is 9.97 Å². The highest BCUT2D eigenvalue weighted by Crippen LogP contribution is 2.25. The van der Waals surface area contributed by atoms with E-state index in [1.165, 1.54) is 6.20 Å². The maximum atomic E-state index is 12.0. The van der Waals surface area contributed by atoms with Crippen molar-refractivity contribution < 1.29 is 4.79 Å². The Morgan fingerprint density at radius 1 is 1.37 bits per heavy atom. The van der Waals surface area contributed by atoms with Crippen molar-refractivity contribution in [3.63, 3.8) is 0 Å². The van der Waals surface area contributed by atoms with Crippen molar-refractivity contribution in [2.75, 3.05) is 9.62 Å². The molecule has 2 aromatic heterocycles. The predicted molar refractivity (Wildman–Crippen MR) is 81.7 cm³/mol. The third-order valence-electron chi connectivity index (χ3n) is 2.11. The Morgan fingerprint density at radius 3 is 2.79 bits per heavy atom. The van der Waals surface area contributed by atoms with Gasteiger partial charge in [0.1, 0.15) is 5.15 Å². The van der Waals surface area contributed by atoms with Crippen LogP contribution in [0.15, 0.2) is 41.1 Å². The number of halogens is 2. The molecule has 0 aliphatic carbocycles. The van der Waals surface area contributed by atoms with E-state index < -0.39 is 6.03 Å². The Bertz CT molecular complexity index is 596. The van der Waals surface area contributed by atoms with Crippen LogP contribution in [-0.4, -0.2) is 16.0 Å². The van der Waals surface area contributed by atoms with Gasteiger partial charge in [-0.05, 0) is 40.2 Å². The van der Waals surface area contributed by atoms with E-state index in [1.54, 1.807) is 30.5 Å². The largest absolute Gasteiger partial charge is 0.337 e. The minimum absolute atomic E-state index is 0.355. The minimum atomic E-state index is -0.452. The fourth-order valence-corrected chi connectivity index (χ4v) is 2.15. The van der Waals surface area contributed by atoms with Crippen molar-refractivity contribution in [2.24, 2.45) is 0 Å². The molecule has 8 heteroatoms. The van der Waals surface area contributed by atoms with E-state index in [0.29, 0.717) is 21.1 Å². The zero-order valence-electron chi connectivity index (χ0n) is 9.42. The molecule has 0 unspecified atom stereocenters. The molecule has 1 N–H and O–H groups in total. The highest BCUT2D eigenvalue weighted by atomic mass is 79.9. The molecule has 0 aliphatic heterocycles. The predicted octanol–water partition coefficient (Wildman–Crippen LogP) is 3.78. The van der Waals surface area contributed by atoms with Crippen molar-refractivity contribution in [1.29, 1.82) is 0 Å². The van der Waals surface area contributed by atoms with Gasteiger partial charge in [-0.25, -0.2) is 19.1 Å². The number of urea groups is 1. The number of rotatable bonds is 2. The first-order valence-electron chi connectivity index (χ1n) is 5.10. The normalized spacial score (nSPS) is 10.1. The standard InChI is InChI=1S/C11H8BrClN4OS/c12-8-2-1-5-14-10(8)17(19)11(18)16-7-3-4-9(13)15-6-7/h1-6,19H,(H,16,18). The summed E-state index contributed by atoms with van der Waals surface area (Å²) in [5, 5.41) is 2.98. The molecule has 2 aromatic rings. The van der Waals surface area contributed by atoms with Gasteiger partial charge in [0.25, 0.3) is 0 Å². The van der Waals surface area contributed by atoms with Gasteiger partial charge >= 0.3 is 6.03 Å². The van der Waals surface area contributed by atoms with Gasteiger partial charge in [0.2, 0.25) is 0 Å². The van der Waals surface area contributed by atoms with Gasteiger partial charge in [0.05, 0.1) is 16.4 Å². The van der Waals surface area contributed by atoms with E-state index >= 15 is 0 Å². The van der Waals surface area contributed by atoms with Gasteiger partial charge in [-0.1, -0.05) is 24.4 Å². The zero-order valence-corrected chi connectivity index (χ0v) is 12.7. The lowest BCUT2D eigenvalue weighted by Gasteiger charge is -2.16. The van der Waals surface area contributed by atoms with Crippen LogP contribution >= 0.6 is 40.3 Å². The number of aromatic nitrogens is 2. The van der Waals surface area contributed by atoms with Crippen LogP contribution in [0.5, 0.6) is 0 Å². The number of hydrogen-bond donors (Lipinski definition) is 2. The summed E-state index contributed by atoms with van der Waals surface area (Å²) in [6.45, 7) is 0. The third kappa shape index (κ3) is 3.59. The van der Waals surface area contributed by atoms with Crippen LogP contribution in [0, 0.1) is 0 Å². The fourth-order valence-electron chi connectivity index (χ4n) is 1.26. The van der Waals surface area contributed by atoms with Crippen LogP contribution in [0.25, 0.3) is 0 Å². The van der Waals surface area contributed by atoms with Crippen molar-refractivity contribution in [3.05, 3.63) is 46.3 Å². The lowest BCUT2D eigenvalue weighted by Crippen LogP contribution is -2.27. The highest BCUT2D eigenvalue weighted by Gasteiger charge is 2.16. The quantitative estimate of drug-likeness (QED) is 0.634. The van der Waals surface area contributed by atoms with Gasteiger partial charge < -0.3 is 5.32 Å². The number of amides is 2. The maximum absolute atomic E-state index is 12.0. The smallest absolute Gasteiger partial charge is 0.305 e. The number of anilines is 2. The van der Waals surface area contributed by atoms with E-state index in [2.05, 4.69) is 44.0 Å². The number of nitrogens with zero attached hydrogens (tertiary/aromatic N) is 3. The molecule has 0 atom stereocenters. The molecule has 0 saturated heterocycles. The summed E-state index contributed by atoms with van der Waals surface area (Å²) in [6, 6.07) is 6.28. The Balaban J connectivity index is 2.12. The summed E-state index contributed by atoms with van der Waals surface area (Å²) >= 11 is 13.1. The number of hydrogen-bond acceptors (Lipinski definition) is 4. The summed E-state index contributed by atoms with van der Waals surface area (Å²) in [7, 11) is 0. The first-order chi connectivity index (χ1) is 9.08. The topological polar surface area (TPSA) is 58.1 Å². The van der Waals surface area contributed by atoms with Crippen molar-refractivity contribution in [3.8, 4) is 0 Å². The van der Waals surface area contributed by atoms with Crippen LogP contribution in [0.4, 0.5) is 16.3 Å².